The van der Waals surface area contributed by atoms with Gasteiger partial charge in [0.15, 0.2) is 0 Å². The van der Waals surface area contributed by atoms with Gasteiger partial charge in [0.25, 0.3) is 0 Å². The first kappa shape index (κ1) is 15.8. The van der Waals surface area contributed by atoms with Crippen molar-refractivity contribution >= 4 is 23.6 Å². The van der Waals surface area contributed by atoms with Gasteiger partial charge in [0.1, 0.15) is 0 Å². The lowest BCUT2D eigenvalue weighted by Gasteiger charge is -2.35. The summed E-state index contributed by atoms with van der Waals surface area (Å²) in [4.78, 5) is 29.1. The molecule has 1 aliphatic rings. The molecule has 6 heteroatoms. The highest BCUT2D eigenvalue weighted by atomic mass is 32.2. The van der Waals surface area contributed by atoms with Crippen LogP contribution >= 0.6 is 11.8 Å². The fourth-order valence-electron chi connectivity index (χ4n) is 2.71. The summed E-state index contributed by atoms with van der Waals surface area (Å²) in [6.07, 6.45) is 2.63. The van der Waals surface area contributed by atoms with Crippen LogP contribution in [0.5, 0.6) is 0 Å². The Morgan fingerprint density at radius 3 is 2.67 bits per heavy atom. The van der Waals surface area contributed by atoms with Crippen molar-refractivity contribution in [2.24, 2.45) is 11.8 Å². The van der Waals surface area contributed by atoms with Gasteiger partial charge in [-0.3, -0.25) is 4.79 Å². The Bertz CT molecular complexity index is 525. The van der Waals surface area contributed by atoms with Gasteiger partial charge in [-0.1, -0.05) is 25.6 Å². The molecule has 1 saturated heterocycles. The number of piperidine rings is 1. The van der Waals surface area contributed by atoms with Crippen molar-refractivity contribution in [3.8, 4) is 0 Å². The minimum absolute atomic E-state index is 0.0981. The molecule has 2 heterocycles. The van der Waals surface area contributed by atoms with Crippen LogP contribution in [0.25, 0.3) is 0 Å². The molecule has 0 aliphatic carbocycles. The number of hydrogen-bond donors (Lipinski definition) is 1. The van der Waals surface area contributed by atoms with Crippen LogP contribution in [0, 0.1) is 11.8 Å². The number of pyridine rings is 1. The lowest BCUT2D eigenvalue weighted by atomic mass is 9.92. The zero-order valence-corrected chi connectivity index (χ0v) is 13.1. The van der Waals surface area contributed by atoms with Gasteiger partial charge in [0.05, 0.1) is 16.3 Å². The van der Waals surface area contributed by atoms with E-state index in [4.69, 9.17) is 5.11 Å². The number of nitrogens with zero attached hydrogens (tertiary/aromatic N) is 2. The van der Waals surface area contributed by atoms with Crippen molar-refractivity contribution in [3.05, 3.63) is 23.9 Å². The first-order valence-corrected chi connectivity index (χ1v) is 8.04. The Balaban J connectivity index is 1.92. The fraction of sp³-hybridized carbons (Fsp3) is 0.533. The monoisotopic (exact) mass is 308 g/mol. The van der Waals surface area contributed by atoms with Crippen molar-refractivity contribution in [3.63, 3.8) is 0 Å². The number of likely N-dealkylation sites (tertiary alicyclic amines) is 1. The molecule has 0 saturated carbocycles. The molecule has 1 fully saturated rings. The molecule has 0 radical (unpaired) electrons. The van der Waals surface area contributed by atoms with Gasteiger partial charge in [-0.05, 0) is 30.4 Å². The highest BCUT2D eigenvalue weighted by molar-refractivity contribution is 7.99. The molecule has 0 bridgehead atoms. The SMILES string of the molecule is CC1CC(C)CN(C(=O)CSc2cc(C(=O)O)ccn2)C1. The van der Waals surface area contributed by atoms with Crippen LogP contribution in [0.2, 0.25) is 0 Å². The fourth-order valence-corrected chi connectivity index (χ4v) is 3.51. The highest BCUT2D eigenvalue weighted by Gasteiger charge is 2.25. The molecule has 1 amide bonds. The third-order valence-corrected chi connectivity index (χ3v) is 4.46. The summed E-state index contributed by atoms with van der Waals surface area (Å²) in [5.74, 6) is 0.493. The molecule has 21 heavy (non-hydrogen) atoms. The van der Waals surface area contributed by atoms with Gasteiger partial charge in [-0.15, -0.1) is 0 Å². The van der Waals surface area contributed by atoms with Crippen LogP contribution in [0.15, 0.2) is 23.4 Å². The Kier molecular flexibility index (Phi) is 5.22. The van der Waals surface area contributed by atoms with Crippen LogP contribution in [0.1, 0.15) is 30.6 Å². The second kappa shape index (κ2) is 6.93. The van der Waals surface area contributed by atoms with E-state index in [1.807, 2.05) is 4.90 Å². The van der Waals surface area contributed by atoms with Crippen LogP contribution in [0.4, 0.5) is 0 Å². The first-order chi connectivity index (χ1) is 9.95. The van der Waals surface area contributed by atoms with E-state index in [1.54, 1.807) is 0 Å². The quantitative estimate of drug-likeness (QED) is 0.865. The molecule has 1 aliphatic heterocycles. The first-order valence-electron chi connectivity index (χ1n) is 7.05. The van der Waals surface area contributed by atoms with Crippen molar-refractivity contribution in [1.29, 1.82) is 0 Å². The van der Waals surface area contributed by atoms with E-state index >= 15 is 0 Å². The number of rotatable bonds is 4. The Hall–Kier alpha value is -1.56. The number of carboxylic acids is 1. The van der Waals surface area contributed by atoms with Gasteiger partial charge in [-0.2, -0.15) is 0 Å². The predicted octanol–water partition coefficient (Wildman–Crippen LogP) is 2.38. The molecule has 1 aromatic rings. The molecule has 1 aromatic heterocycles. The van der Waals surface area contributed by atoms with Crippen molar-refractivity contribution in [2.45, 2.75) is 25.3 Å². The van der Waals surface area contributed by atoms with Gasteiger partial charge in [0.2, 0.25) is 5.91 Å². The maximum Gasteiger partial charge on any atom is 0.335 e. The van der Waals surface area contributed by atoms with E-state index in [0.29, 0.717) is 22.6 Å². The topological polar surface area (TPSA) is 70.5 Å². The molecule has 2 rings (SSSR count). The van der Waals surface area contributed by atoms with Crippen LogP contribution in [-0.4, -0.2) is 45.7 Å². The third kappa shape index (κ3) is 4.46. The van der Waals surface area contributed by atoms with Gasteiger partial charge < -0.3 is 10.0 Å². The summed E-state index contributed by atoms with van der Waals surface area (Å²) in [7, 11) is 0. The molecule has 0 aromatic carbocycles. The Morgan fingerprint density at radius 2 is 2.05 bits per heavy atom. The standard InChI is InChI=1S/C15H20N2O3S/c1-10-5-11(2)8-17(7-10)14(18)9-21-13-6-12(15(19)20)3-4-16-13/h3-4,6,10-11H,5,7-9H2,1-2H3,(H,19,20). The van der Waals surface area contributed by atoms with Gasteiger partial charge >= 0.3 is 5.97 Å². The smallest absolute Gasteiger partial charge is 0.335 e. The molecule has 0 spiro atoms. The highest BCUT2D eigenvalue weighted by Crippen LogP contribution is 2.23. The number of carbonyl (C=O) groups excluding carboxylic acids is 1. The molecule has 2 unspecified atom stereocenters. The van der Waals surface area contributed by atoms with E-state index in [1.165, 1.54) is 36.5 Å². The Morgan fingerprint density at radius 1 is 1.38 bits per heavy atom. The number of thioether (sulfide) groups is 1. The number of amides is 1. The number of carboxylic acid groups (broad SMARTS) is 1. The number of carbonyl (C=O) groups is 2. The van der Waals surface area contributed by atoms with E-state index in [2.05, 4.69) is 18.8 Å². The lowest BCUT2D eigenvalue weighted by Crippen LogP contribution is -2.43. The summed E-state index contributed by atoms with van der Waals surface area (Å²) < 4.78 is 0. The normalized spacial score (nSPS) is 22.1. The number of hydrogen-bond acceptors (Lipinski definition) is 4. The molecule has 114 valence electrons. The zero-order valence-electron chi connectivity index (χ0n) is 12.3. The van der Waals surface area contributed by atoms with E-state index in [9.17, 15) is 9.59 Å². The molecular formula is C15H20N2O3S. The summed E-state index contributed by atoms with van der Waals surface area (Å²) in [6, 6.07) is 2.95. The second-order valence-corrected chi connectivity index (χ2v) is 6.72. The molecular weight excluding hydrogens is 288 g/mol. The van der Waals surface area contributed by atoms with E-state index in [-0.39, 0.29) is 11.5 Å². The minimum Gasteiger partial charge on any atom is -0.478 e. The maximum atomic E-state index is 12.2. The average Bonchev–Trinajstić information content (AvgIpc) is 2.44. The number of aromatic carboxylic acids is 1. The Labute approximate surface area is 128 Å². The van der Waals surface area contributed by atoms with Crippen molar-refractivity contribution < 1.29 is 14.7 Å². The number of aromatic nitrogens is 1. The minimum atomic E-state index is -0.982. The molecule has 2 atom stereocenters. The van der Waals surface area contributed by atoms with Crippen LogP contribution in [-0.2, 0) is 4.79 Å². The predicted molar refractivity (Wildman–Crippen MR) is 81.4 cm³/mol. The lowest BCUT2D eigenvalue weighted by molar-refractivity contribution is -0.130. The van der Waals surface area contributed by atoms with Crippen LogP contribution in [0.3, 0.4) is 0 Å². The summed E-state index contributed by atoms with van der Waals surface area (Å²) in [6.45, 7) is 5.96. The summed E-state index contributed by atoms with van der Waals surface area (Å²) in [5.41, 5.74) is 0.195. The largest absolute Gasteiger partial charge is 0.478 e. The van der Waals surface area contributed by atoms with Crippen molar-refractivity contribution in [1.82, 2.24) is 9.88 Å². The van der Waals surface area contributed by atoms with Crippen LogP contribution < -0.4 is 0 Å². The van der Waals surface area contributed by atoms with Gasteiger partial charge in [-0.25, -0.2) is 9.78 Å². The van der Waals surface area contributed by atoms with Crippen molar-refractivity contribution in [2.75, 3.05) is 18.8 Å². The second-order valence-electron chi connectivity index (χ2n) is 5.72. The molecule has 5 nitrogen and oxygen atoms in total. The maximum absolute atomic E-state index is 12.2. The average molecular weight is 308 g/mol. The molecule has 1 N–H and O–H groups in total. The third-order valence-electron chi connectivity index (χ3n) is 3.55. The summed E-state index contributed by atoms with van der Waals surface area (Å²) in [5, 5.41) is 9.51. The van der Waals surface area contributed by atoms with Gasteiger partial charge in [0, 0.05) is 19.3 Å². The zero-order chi connectivity index (χ0) is 15.4. The van der Waals surface area contributed by atoms with E-state index in [0.717, 1.165) is 13.1 Å². The van der Waals surface area contributed by atoms with E-state index < -0.39 is 5.97 Å². The summed E-state index contributed by atoms with van der Waals surface area (Å²) >= 11 is 1.29.